The van der Waals surface area contributed by atoms with Gasteiger partial charge in [0, 0.05) is 19.4 Å². The van der Waals surface area contributed by atoms with Crippen molar-refractivity contribution in [3.05, 3.63) is 0 Å². The number of rotatable bonds is 10. The molecule has 0 aliphatic heterocycles. The number of carboxylic acids is 2. The third-order valence-electron chi connectivity index (χ3n) is 3.06. The van der Waals surface area contributed by atoms with Gasteiger partial charge in [0.1, 0.15) is 0 Å². The second-order valence-corrected chi connectivity index (χ2v) is 5.54. The smallest absolute Gasteiger partial charge is 0.303 e. The number of carboxylic acid groups (broad SMARTS) is 2. The molecule has 1 atom stereocenters. The van der Waals surface area contributed by atoms with E-state index in [2.05, 4.69) is 11.8 Å². The molecule has 0 spiro atoms. The lowest BCUT2D eigenvalue weighted by atomic mass is 9.80. The van der Waals surface area contributed by atoms with Crippen LogP contribution in [0.3, 0.4) is 0 Å². The van der Waals surface area contributed by atoms with Crippen LogP contribution in [0.15, 0.2) is 0 Å². The minimum absolute atomic E-state index is 0.0552. The van der Waals surface area contributed by atoms with Crippen molar-refractivity contribution in [3.63, 3.8) is 0 Å². The standard InChI is InChI=1S/C13H25NO4/c1-13(10-14(2)3,9-7-12(17)18)8-5-4-6-11(15)16/h4-10H2,1-3H3,(H,15,16)(H,17,18). The molecule has 0 aliphatic carbocycles. The molecular weight excluding hydrogens is 234 g/mol. The lowest BCUT2D eigenvalue weighted by molar-refractivity contribution is -0.138. The first-order valence-electron chi connectivity index (χ1n) is 6.33. The van der Waals surface area contributed by atoms with Crippen molar-refractivity contribution in [3.8, 4) is 0 Å². The molecule has 0 radical (unpaired) electrons. The highest BCUT2D eigenvalue weighted by atomic mass is 16.4. The number of unbranched alkanes of at least 4 members (excludes halogenated alkanes) is 1. The lowest BCUT2D eigenvalue weighted by Gasteiger charge is -2.32. The Morgan fingerprint density at radius 2 is 1.56 bits per heavy atom. The Kier molecular flexibility index (Phi) is 7.59. The van der Waals surface area contributed by atoms with Gasteiger partial charge < -0.3 is 15.1 Å². The summed E-state index contributed by atoms with van der Waals surface area (Å²) in [6, 6.07) is 0. The van der Waals surface area contributed by atoms with Gasteiger partial charge in [-0.25, -0.2) is 0 Å². The minimum atomic E-state index is -0.773. The fraction of sp³-hybridized carbons (Fsp3) is 0.846. The van der Waals surface area contributed by atoms with E-state index in [9.17, 15) is 9.59 Å². The molecule has 0 saturated heterocycles. The molecule has 0 aromatic rings. The van der Waals surface area contributed by atoms with E-state index in [4.69, 9.17) is 10.2 Å². The SMILES string of the molecule is CN(C)CC(C)(CCCCC(=O)O)CCC(=O)O. The monoisotopic (exact) mass is 259 g/mol. The first-order chi connectivity index (χ1) is 8.25. The van der Waals surface area contributed by atoms with Gasteiger partial charge in [-0.2, -0.15) is 0 Å². The van der Waals surface area contributed by atoms with Gasteiger partial charge in [-0.3, -0.25) is 9.59 Å². The zero-order valence-corrected chi connectivity index (χ0v) is 11.6. The average Bonchev–Trinajstić information content (AvgIpc) is 2.21. The maximum atomic E-state index is 10.7. The van der Waals surface area contributed by atoms with Crippen molar-refractivity contribution in [2.45, 2.75) is 45.4 Å². The molecule has 0 rings (SSSR count). The summed E-state index contributed by atoms with van der Waals surface area (Å²) in [7, 11) is 3.94. The summed E-state index contributed by atoms with van der Waals surface area (Å²) in [5.41, 5.74) is -0.0552. The molecule has 0 aliphatic rings. The van der Waals surface area contributed by atoms with Crippen molar-refractivity contribution < 1.29 is 19.8 Å². The topological polar surface area (TPSA) is 77.8 Å². The Balaban J connectivity index is 4.19. The van der Waals surface area contributed by atoms with Crippen LogP contribution >= 0.6 is 0 Å². The van der Waals surface area contributed by atoms with E-state index < -0.39 is 11.9 Å². The van der Waals surface area contributed by atoms with Gasteiger partial charge in [-0.15, -0.1) is 0 Å². The van der Waals surface area contributed by atoms with Crippen LogP contribution in [0.25, 0.3) is 0 Å². The van der Waals surface area contributed by atoms with Gasteiger partial charge >= 0.3 is 11.9 Å². The Bertz CT molecular complexity index is 278. The molecular formula is C13H25NO4. The summed E-state index contributed by atoms with van der Waals surface area (Å²) in [5.74, 6) is -1.54. The van der Waals surface area contributed by atoms with Crippen LogP contribution in [-0.2, 0) is 9.59 Å². The van der Waals surface area contributed by atoms with E-state index in [0.29, 0.717) is 12.8 Å². The minimum Gasteiger partial charge on any atom is -0.481 e. The number of aliphatic carboxylic acids is 2. The summed E-state index contributed by atoms with van der Waals surface area (Å²) in [5, 5.41) is 17.3. The van der Waals surface area contributed by atoms with E-state index in [1.807, 2.05) is 14.1 Å². The molecule has 0 amide bonds. The maximum Gasteiger partial charge on any atom is 0.303 e. The molecule has 0 heterocycles. The second-order valence-electron chi connectivity index (χ2n) is 5.54. The van der Waals surface area contributed by atoms with E-state index in [1.165, 1.54) is 0 Å². The fourth-order valence-corrected chi connectivity index (χ4v) is 2.28. The van der Waals surface area contributed by atoms with Crippen LogP contribution in [-0.4, -0.2) is 47.7 Å². The first kappa shape index (κ1) is 16.9. The van der Waals surface area contributed by atoms with Crippen molar-refractivity contribution in [2.24, 2.45) is 5.41 Å². The van der Waals surface area contributed by atoms with E-state index in [-0.39, 0.29) is 18.3 Å². The molecule has 2 N–H and O–H groups in total. The van der Waals surface area contributed by atoms with E-state index in [1.54, 1.807) is 0 Å². The van der Waals surface area contributed by atoms with Crippen LogP contribution in [0.2, 0.25) is 0 Å². The summed E-state index contributed by atoms with van der Waals surface area (Å²) >= 11 is 0. The molecule has 0 aromatic carbocycles. The van der Waals surface area contributed by atoms with Gasteiger partial charge in [0.25, 0.3) is 0 Å². The highest BCUT2D eigenvalue weighted by Crippen LogP contribution is 2.30. The van der Waals surface area contributed by atoms with Gasteiger partial charge in [0.2, 0.25) is 0 Å². The molecule has 106 valence electrons. The third-order valence-corrected chi connectivity index (χ3v) is 3.06. The molecule has 5 heteroatoms. The fourth-order valence-electron chi connectivity index (χ4n) is 2.28. The average molecular weight is 259 g/mol. The highest BCUT2D eigenvalue weighted by Gasteiger charge is 2.25. The van der Waals surface area contributed by atoms with Crippen LogP contribution < -0.4 is 0 Å². The van der Waals surface area contributed by atoms with Crippen molar-refractivity contribution >= 4 is 11.9 Å². The lowest BCUT2D eigenvalue weighted by Crippen LogP contribution is -2.32. The molecule has 18 heavy (non-hydrogen) atoms. The van der Waals surface area contributed by atoms with Gasteiger partial charge in [-0.05, 0) is 38.8 Å². The number of hydrogen-bond acceptors (Lipinski definition) is 3. The number of hydrogen-bond donors (Lipinski definition) is 2. The van der Waals surface area contributed by atoms with E-state index in [0.717, 1.165) is 19.4 Å². The predicted octanol–water partition coefficient (Wildman–Crippen LogP) is 2.06. The molecule has 0 bridgehead atoms. The summed E-state index contributed by atoms with van der Waals surface area (Å²) in [6.07, 6.45) is 3.35. The zero-order chi connectivity index (χ0) is 14.2. The molecule has 0 aromatic heterocycles. The first-order valence-corrected chi connectivity index (χ1v) is 6.33. The zero-order valence-electron chi connectivity index (χ0n) is 11.6. The van der Waals surface area contributed by atoms with Crippen LogP contribution in [0, 0.1) is 5.41 Å². The second kappa shape index (κ2) is 8.08. The molecule has 1 unspecified atom stereocenters. The van der Waals surface area contributed by atoms with E-state index >= 15 is 0 Å². The Labute approximate surface area is 109 Å². The van der Waals surface area contributed by atoms with Gasteiger partial charge in [0.05, 0.1) is 0 Å². The Hall–Kier alpha value is -1.10. The summed E-state index contributed by atoms with van der Waals surface area (Å²) < 4.78 is 0. The molecule has 0 saturated carbocycles. The normalized spacial score (nSPS) is 14.4. The quantitative estimate of drug-likeness (QED) is 0.587. The van der Waals surface area contributed by atoms with Crippen molar-refractivity contribution in [1.82, 2.24) is 4.90 Å². The largest absolute Gasteiger partial charge is 0.481 e. The van der Waals surface area contributed by atoms with Crippen LogP contribution in [0.1, 0.15) is 45.4 Å². The number of carbonyl (C=O) groups is 2. The van der Waals surface area contributed by atoms with Gasteiger partial charge in [0.15, 0.2) is 0 Å². The highest BCUT2D eigenvalue weighted by molar-refractivity contribution is 5.66. The summed E-state index contributed by atoms with van der Waals surface area (Å²) in [6.45, 7) is 2.91. The Morgan fingerprint density at radius 3 is 2.00 bits per heavy atom. The number of nitrogens with zero attached hydrogens (tertiary/aromatic N) is 1. The van der Waals surface area contributed by atoms with Crippen LogP contribution in [0.4, 0.5) is 0 Å². The van der Waals surface area contributed by atoms with Gasteiger partial charge in [-0.1, -0.05) is 13.3 Å². The molecule has 0 fully saturated rings. The predicted molar refractivity (Wildman–Crippen MR) is 69.6 cm³/mol. The third kappa shape index (κ3) is 8.98. The molecule has 5 nitrogen and oxygen atoms in total. The maximum absolute atomic E-state index is 10.7. The van der Waals surface area contributed by atoms with Crippen molar-refractivity contribution in [2.75, 3.05) is 20.6 Å². The van der Waals surface area contributed by atoms with Crippen LogP contribution in [0.5, 0.6) is 0 Å². The van der Waals surface area contributed by atoms with Crippen molar-refractivity contribution in [1.29, 1.82) is 0 Å². The summed E-state index contributed by atoms with van der Waals surface area (Å²) in [4.78, 5) is 23.1. The Morgan fingerprint density at radius 1 is 1.00 bits per heavy atom.